The molecule has 0 saturated carbocycles. The number of halogens is 1. The van der Waals surface area contributed by atoms with E-state index in [1.807, 2.05) is 0 Å². The zero-order chi connectivity index (χ0) is 22.2. The number of ketones is 1. The lowest BCUT2D eigenvalue weighted by atomic mass is 10.1. The number of carbonyl (C=O) groups is 2. The number of hydrogen-bond acceptors (Lipinski definition) is 8. The van der Waals surface area contributed by atoms with E-state index in [1.165, 1.54) is 13.3 Å². The minimum atomic E-state index is -0.734. The molecule has 0 spiro atoms. The maximum Gasteiger partial charge on any atom is 0.364 e. The molecular weight excluding hydrogens is 424 g/mol. The first-order valence-electron chi connectivity index (χ1n) is 9.24. The molecule has 9 nitrogen and oxygen atoms in total. The van der Waals surface area contributed by atoms with E-state index < -0.39 is 5.97 Å². The van der Waals surface area contributed by atoms with Crippen LogP contribution in [0.1, 0.15) is 33.3 Å². The van der Waals surface area contributed by atoms with Crippen molar-refractivity contribution in [2.24, 2.45) is 5.10 Å². The van der Waals surface area contributed by atoms with Crippen molar-refractivity contribution in [1.82, 2.24) is 15.1 Å². The number of nitrogens with zero attached hydrogens (tertiary/aromatic N) is 4. The highest BCUT2D eigenvalue weighted by molar-refractivity contribution is 6.30. The standard InChI is InChI=1S/C21H19ClN4O5/c1-3-30-21(28)19-20(31-13-18(27)15-6-10-17(29-2)11-7-15)26(25-24-19)23-12-14-4-8-16(22)9-5-14/h4-12H,3,13H2,1-2H3. The third-order valence-corrected chi connectivity index (χ3v) is 4.27. The first kappa shape index (κ1) is 22.0. The molecule has 0 aliphatic rings. The Morgan fingerprint density at radius 1 is 1.13 bits per heavy atom. The molecule has 1 aromatic heterocycles. The van der Waals surface area contributed by atoms with E-state index in [2.05, 4.69) is 15.4 Å². The molecule has 0 atom stereocenters. The van der Waals surface area contributed by atoms with E-state index in [1.54, 1.807) is 55.5 Å². The molecule has 3 rings (SSSR count). The van der Waals surface area contributed by atoms with Gasteiger partial charge in [0.1, 0.15) is 5.75 Å². The van der Waals surface area contributed by atoms with Gasteiger partial charge in [-0.25, -0.2) is 4.79 Å². The van der Waals surface area contributed by atoms with Gasteiger partial charge < -0.3 is 14.2 Å². The summed E-state index contributed by atoms with van der Waals surface area (Å²) in [6.45, 7) is 1.45. The predicted molar refractivity (Wildman–Crippen MR) is 113 cm³/mol. The molecule has 10 heteroatoms. The van der Waals surface area contributed by atoms with E-state index in [4.69, 9.17) is 25.8 Å². The zero-order valence-electron chi connectivity index (χ0n) is 16.8. The van der Waals surface area contributed by atoms with E-state index in [0.29, 0.717) is 16.3 Å². The molecule has 0 amide bonds. The van der Waals surface area contributed by atoms with Gasteiger partial charge in [-0.3, -0.25) is 4.79 Å². The van der Waals surface area contributed by atoms with Crippen molar-refractivity contribution in [2.45, 2.75) is 6.92 Å². The summed E-state index contributed by atoms with van der Waals surface area (Å²) in [4.78, 5) is 25.7. The zero-order valence-corrected chi connectivity index (χ0v) is 17.6. The molecule has 160 valence electrons. The van der Waals surface area contributed by atoms with Crippen LogP contribution in [-0.4, -0.2) is 53.4 Å². The molecule has 0 saturated heterocycles. The van der Waals surface area contributed by atoms with Gasteiger partial charge in [0.05, 0.1) is 19.9 Å². The lowest BCUT2D eigenvalue weighted by Crippen LogP contribution is -2.15. The molecule has 0 aliphatic heterocycles. The lowest BCUT2D eigenvalue weighted by molar-refractivity contribution is 0.0512. The molecular formula is C21H19ClN4O5. The van der Waals surface area contributed by atoms with Gasteiger partial charge >= 0.3 is 5.97 Å². The first-order chi connectivity index (χ1) is 15.0. The molecule has 0 bridgehead atoms. The van der Waals surface area contributed by atoms with Gasteiger partial charge in [0, 0.05) is 10.6 Å². The Bertz CT molecular complexity index is 1080. The predicted octanol–water partition coefficient (Wildman–Crippen LogP) is 3.26. The van der Waals surface area contributed by atoms with Crippen LogP contribution in [0.5, 0.6) is 11.6 Å². The summed E-state index contributed by atoms with van der Waals surface area (Å²) in [5, 5.41) is 12.3. The minimum absolute atomic E-state index is 0.106. The van der Waals surface area contributed by atoms with Gasteiger partial charge in [-0.05, 0) is 54.1 Å². The van der Waals surface area contributed by atoms with Gasteiger partial charge in [-0.2, -0.15) is 5.10 Å². The van der Waals surface area contributed by atoms with Crippen molar-refractivity contribution in [2.75, 3.05) is 20.3 Å². The molecule has 31 heavy (non-hydrogen) atoms. The number of methoxy groups -OCH3 is 1. The van der Waals surface area contributed by atoms with E-state index in [-0.39, 0.29) is 30.6 Å². The average Bonchev–Trinajstić information content (AvgIpc) is 3.20. The Hall–Kier alpha value is -3.72. The summed E-state index contributed by atoms with van der Waals surface area (Å²) in [6, 6.07) is 13.5. The summed E-state index contributed by atoms with van der Waals surface area (Å²) in [7, 11) is 1.54. The van der Waals surface area contributed by atoms with Gasteiger partial charge in [0.2, 0.25) is 5.69 Å². The number of hydrogen-bond donors (Lipinski definition) is 0. The van der Waals surface area contributed by atoms with Crippen LogP contribution in [0.4, 0.5) is 0 Å². The molecule has 0 unspecified atom stereocenters. The normalized spacial score (nSPS) is 10.8. The fraction of sp³-hybridized carbons (Fsp3) is 0.190. The van der Waals surface area contributed by atoms with Crippen molar-refractivity contribution >= 4 is 29.6 Å². The van der Waals surface area contributed by atoms with Crippen LogP contribution in [0.3, 0.4) is 0 Å². The van der Waals surface area contributed by atoms with Crippen LogP contribution in [-0.2, 0) is 4.74 Å². The van der Waals surface area contributed by atoms with Crippen LogP contribution in [0.25, 0.3) is 0 Å². The number of aromatic nitrogens is 3. The van der Waals surface area contributed by atoms with Gasteiger partial charge in [0.15, 0.2) is 12.4 Å². The number of ether oxygens (including phenoxy) is 3. The van der Waals surface area contributed by atoms with Gasteiger partial charge in [0.25, 0.3) is 5.88 Å². The highest BCUT2D eigenvalue weighted by Crippen LogP contribution is 2.18. The van der Waals surface area contributed by atoms with Crippen molar-refractivity contribution in [3.63, 3.8) is 0 Å². The quantitative estimate of drug-likeness (QED) is 0.284. The largest absolute Gasteiger partial charge is 0.497 e. The average molecular weight is 443 g/mol. The van der Waals surface area contributed by atoms with Crippen LogP contribution < -0.4 is 9.47 Å². The molecule has 1 heterocycles. The van der Waals surface area contributed by atoms with Crippen LogP contribution in [0.2, 0.25) is 5.02 Å². The Balaban J connectivity index is 1.81. The second-order valence-corrected chi connectivity index (χ2v) is 6.53. The third-order valence-electron chi connectivity index (χ3n) is 4.02. The third kappa shape index (κ3) is 5.67. The fourth-order valence-electron chi connectivity index (χ4n) is 2.46. The molecule has 0 fully saturated rings. The Morgan fingerprint density at radius 3 is 2.48 bits per heavy atom. The SMILES string of the molecule is CCOC(=O)c1nnn(N=Cc2ccc(Cl)cc2)c1OCC(=O)c1ccc(OC)cc1. The molecule has 0 radical (unpaired) electrons. The first-order valence-corrected chi connectivity index (χ1v) is 9.62. The van der Waals surface area contributed by atoms with Crippen molar-refractivity contribution in [3.05, 3.63) is 70.4 Å². The smallest absolute Gasteiger partial charge is 0.364 e. The summed E-state index contributed by atoms with van der Waals surface area (Å²) in [5.74, 6) is -0.527. The van der Waals surface area contributed by atoms with E-state index in [0.717, 1.165) is 10.4 Å². The summed E-state index contributed by atoms with van der Waals surface area (Å²) in [6.07, 6.45) is 1.48. The molecule has 0 N–H and O–H groups in total. The second kappa shape index (κ2) is 10.4. The van der Waals surface area contributed by atoms with Gasteiger partial charge in [-0.1, -0.05) is 28.5 Å². The number of esters is 1. The lowest BCUT2D eigenvalue weighted by Gasteiger charge is -2.07. The van der Waals surface area contributed by atoms with Crippen LogP contribution in [0, 0.1) is 0 Å². The number of benzene rings is 2. The van der Waals surface area contributed by atoms with Crippen LogP contribution >= 0.6 is 11.6 Å². The highest BCUT2D eigenvalue weighted by atomic mass is 35.5. The summed E-state index contributed by atoms with van der Waals surface area (Å²) >= 11 is 5.88. The van der Waals surface area contributed by atoms with Crippen molar-refractivity contribution in [3.8, 4) is 11.6 Å². The van der Waals surface area contributed by atoms with Gasteiger partial charge in [-0.15, -0.1) is 5.10 Å². The Morgan fingerprint density at radius 2 is 1.84 bits per heavy atom. The number of Topliss-reactive ketones (excluding diaryl/α,β-unsaturated/α-hetero) is 1. The fourth-order valence-corrected chi connectivity index (χ4v) is 2.58. The maximum absolute atomic E-state index is 12.5. The van der Waals surface area contributed by atoms with Crippen molar-refractivity contribution < 1.29 is 23.8 Å². The Labute approximate surface area is 183 Å². The number of carbonyl (C=O) groups excluding carboxylic acids is 2. The number of rotatable bonds is 9. The Kier molecular flexibility index (Phi) is 7.34. The maximum atomic E-state index is 12.5. The topological polar surface area (TPSA) is 105 Å². The minimum Gasteiger partial charge on any atom is -0.497 e. The summed E-state index contributed by atoms with van der Waals surface area (Å²) < 4.78 is 15.6. The summed E-state index contributed by atoms with van der Waals surface area (Å²) in [5.41, 5.74) is 0.970. The highest BCUT2D eigenvalue weighted by Gasteiger charge is 2.23. The van der Waals surface area contributed by atoms with Crippen LogP contribution in [0.15, 0.2) is 53.6 Å². The molecule has 2 aromatic carbocycles. The van der Waals surface area contributed by atoms with E-state index >= 15 is 0 Å². The second-order valence-electron chi connectivity index (χ2n) is 6.09. The van der Waals surface area contributed by atoms with E-state index in [9.17, 15) is 9.59 Å². The monoisotopic (exact) mass is 442 g/mol. The molecule has 3 aromatic rings. The van der Waals surface area contributed by atoms with Crippen molar-refractivity contribution in [1.29, 1.82) is 0 Å². The molecule has 0 aliphatic carbocycles.